The monoisotopic (exact) mass is 334 g/mol. The molecule has 4 nitrogen and oxygen atoms in total. The van der Waals surface area contributed by atoms with Crippen LogP contribution in [0.3, 0.4) is 0 Å². The van der Waals surface area contributed by atoms with Crippen LogP contribution < -0.4 is 5.73 Å². The predicted octanol–water partition coefficient (Wildman–Crippen LogP) is 3.02. The summed E-state index contributed by atoms with van der Waals surface area (Å²) in [5.41, 5.74) is 7.18. The molecule has 0 atom stereocenters. The molecular formula is C18H23ClN2O2. The fourth-order valence-corrected chi connectivity index (χ4v) is 4.21. The lowest BCUT2D eigenvalue weighted by molar-refractivity contribution is -0.152. The number of amides is 2. The number of rotatable bonds is 3. The number of hydrogen-bond acceptors (Lipinski definition) is 3. The quantitative estimate of drug-likeness (QED) is 0.864. The minimum atomic E-state index is -0.0940. The Bertz CT molecular complexity index is 593. The molecule has 2 N–H and O–H groups in total. The molecule has 1 heterocycles. The highest BCUT2D eigenvalue weighted by Crippen LogP contribution is 2.41. The molecule has 2 aliphatic rings. The average Bonchev–Trinajstić information content (AvgIpc) is 2.55. The molecule has 5 heteroatoms. The van der Waals surface area contributed by atoms with Crippen molar-refractivity contribution < 1.29 is 9.59 Å². The van der Waals surface area contributed by atoms with Gasteiger partial charge in [0.2, 0.25) is 11.8 Å². The van der Waals surface area contributed by atoms with Gasteiger partial charge < -0.3 is 5.73 Å². The van der Waals surface area contributed by atoms with Crippen molar-refractivity contribution in [1.29, 1.82) is 0 Å². The molecule has 23 heavy (non-hydrogen) atoms. The Kier molecular flexibility index (Phi) is 4.74. The molecule has 124 valence electrons. The first-order chi connectivity index (χ1) is 11.1. The summed E-state index contributed by atoms with van der Waals surface area (Å²) in [5.74, 6) is -0.0106. The summed E-state index contributed by atoms with van der Waals surface area (Å²) < 4.78 is 0. The summed E-state index contributed by atoms with van der Waals surface area (Å²) in [6.45, 7) is 0.557. The Balaban J connectivity index is 1.76. The molecule has 1 aromatic rings. The van der Waals surface area contributed by atoms with Crippen LogP contribution in [-0.2, 0) is 15.0 Å². The third-order valence-electron chi connectivity index (χ3n) is 5.42. The van der Waals surface area contributed by atoms with Gasteiger partial charge in [-0.05, 0) is 49.8 Å². The fraction of sp³-hybridized carbons (Fsp3) is 0.556. The Morgan fingerprint density at radius 2 is 1.83 bits per heavy atom. The van der Waals surface area contributed by atoms with E-state index in [9.17, 15) is 9.59 Å². The highest BCUT2D eigenvalue weighted by molar-refractivity contribution is 6.30. The third kappa shape index (κ3) is 3.15. The zero-order valence-electron chi connectivity index (χ0n) is 13.3. The van der Waals surface area contributed by atoms with Crippen LogP contribution in [0, 0.1) is 0 Å². The van der Waals surface area contributed by atoms with Crippen LogP contribution in [0.2, 0.25) is 5.02 Å². The first-order valence-corrected chi connectivity index (χ1v) is 8.74. The number of carbonyl (C=O) groups is 2. The third-order valence-corrected chi connectivity index (χ3v) is 5.66. The van der Waals surface area contributed by atoms with E-state index in [1.807, 2.05) is 18.2 Å². The van der Waals surface area contributed by atoms with E-state index < -0.39 is 0 Å². The van der Waals surface area contributed by atoms with Gasteiger partial charge in [0.1, 0.15) is 0 Å². The topological polar surface area (TPSA) is 63.4 Å². The summed E-state index contributed by atoms with van der Waals surface area (Å²) in [5, 5.41) is 0.721. The van der Waals surface area contributed by atoms with E-state index in [1.165, 1.54) is 10.5 Å². The number of likely N-dealkylation sites (tertiary alicyclic amines) is 1. The zero-order valence-corrected chi connectivity index (χ0v) is 14.0. The van der Waals surface area contributed by atoms with Crippen molar-refractivity contribution in [2.45, 2.75) is 56.4 Å². The van der Waals surface area contributed by atoms with Crippen LogP contribution in [0.15, 0.2) is 24.3 Å². The van der Waals surface area contributed by atoms with Crippen molar-refractivity contribution in [3.63, 3.8) is 0 Å². The van der Waals surface area contributed by atoms with Crippen molar-refractivity contribution in [1.82, 2.24) is 4.90 Å². The van der Waals surface area contributed by atoms with E-state index >= 15 is 0 Å². The number of nitrogens with two attached hydrogens (primary N) is 1. The molecule has 1 aliphatic heterocycles. The fourth-order valence-electron chi connectivity index (χ4n) is 4.02. The van der Waals surface area contributed by atoms with Crippen molar-refractivity contribution in [3.05, 3.63) is 34.9 Å². The van der Waals surface area contributed by atoms with Crippen LogP contribution in [0.4, 0.5) is 0 Å². The van der Waals surface area contributed by atoms with Crippen LogP contribution >= 0.6 is 11.6 Å². The minimum absolute atomic E-state index is 0.00532. The largest absolute Gasteiger partial charge is 0.330 e. The summed E-state index contributed by atoms with van der Waals surface area (Å²) in [4.78, 5) is 25.8. The molecule has 2 fully saturated rings. The van der Waals surface area contributed by atoms with Gasteiger partial charge in [-0.3, -0.25) is 14.5 Å². The molecule has 2 amide bonds. The molecule has 0 bridgehead atoms. The Labute approximate surface area is 142 Å². The van der Waals surface area contributed by atoms with Gasteiger partial charge >= 0.3 is 0 Å². The molecule has 1 saturated heterocycles. The summed E-state index contributed by atoms with van der Waals surface area (Å²) in [6.07, 6.45) is 5.09. The Hall–Kier alpha value is -1.39. The van der Waals surface area contributed by atoms with Crippen molar-refractivity contribution in [2.24, 2.45) is 5.73 Å². The first kappa shape index (κ1) is 16.5. The van der Waals surface area contributed by atoms with Crippen molar-refractivity contribution in [2.75, 3.05) is 6.54 Å². The highest BCUT2D eigenvalue weighted by Gasteiger charge is 2.40. The highest BCUT2D eigenvalue weighted by atomic mass is 35.5. The van der Waals surface area contributed by atoms with E-state index in [-0.39, 0.29) is 23.3 Å². The van der Waals surface area contributed by atoms with Gasteiger partial charge in [0.05, 0.1) is 0 Å². The SMILES string of the molecule is NCC1(c2cccc(Cl)c2)CCC(N2C(=O)CCCC2=O)CC1. The van der Waals surface area contributed by atoms with Crippen molar-refractivity contribution >= 4 is 23.4 Å². The summed E-state index contributed by atoms with van der Waals surface area (Å²) in [7, 11) is 0. The van der Waals surface area contributed by atoms with Gasteiger partial charge in [-0.15, -0.1) is 0 Å². The van der Waals surface area contributed by atoms with Crippen LogP contribution in [0.5, 0.6) is 0 Å². The second-order valence-corrected chi connectivity index (χ2v) is 7.17. The maximum atomic E-state index is 12.1. The number of carbonyl (C=O) groups excluding carboxylic acids is 2. The maximum absolute atomic E-state index is 12.1. The molecule has 0 aromatic heterocycles. The number of piperidine rings is 1. The second kappa shape index (κ2) is 6.62. The summed E-state index contributed by atoms with van der Waals surface area (Å²) in [6, 6.07) is 7.93. The minimum Gasteiger partial charge on any atom is -0.330 e. The van der Waals surface area contributed by atoms with Gasteiger partial charge in [-0.1, -0.05) is 23.7 Å². The van der Waals surface area contributed by atoms with Crippen molar-refractivity contribution in [3.8, 4) is 0 Å². The van der Waals surface area contributed by atoms with Gasteiger partial charge in [0.15, 0.2) is 0 Å². The molecule has 0 spiro atoms. The van der Waals surface area contributed by atoms with Crippen LogP contribution in [-0.4, -0.2) is 29.3 Å². The maximum Gasteiger partial charge on any atom is 0.229 e. The number of imide groups is 1. The molecule has 3 rings (SSSR count). The van der Waals surface area contributed by atoms with E-state index in [2.05, 4.69) is 6.07 Å². The number of nitrogens with zero attached hydrogens (tertiary/aromatic N) is 1. The first-order valence-electron chi connectivity index (χ1n) is 8.37. The van der Waals surface area contributed by atoms with Gasteiger partial charge in [0, 0.05) is 35.9 Å². The van der Waals surface area contributed by atoms with Crippen LogP contribution in [0.1, 0.15) is 50.5 Å². The van der Waals surface area contributed by atoms with Crippen LogP contribution in [0.25, 0.3) is 0 Å². The van der Waals surface area contributed by atoms with E-state index in [4.69, 9.17) is 17.3 Å². The smallest absolute Gasteiger partial charge is 0.229 e. The molecule has 0 unspecified atom stereocenters. The predicted molar refractivity (Wildman–Crippen MR) is 90.1 cm³/mol. The second-order valence-electron chi connectivity index (χ2n) is 6.74. The van der Waals surface area contributed by atoms with E-state index in [1.54, 1.807) is 0 Å². The average molecular weight is 335 g/mol. The summed E-state index contributed by atoms with van der Waals surface area (Å²) >= 11 is 6.13. The van der Waals surface area contributed by atoms with Gasteiger partial charge in [0.25, 0.3) is 0 Å². The number of halogens is 1. The van der Waals surface area contributed by atoms with E-state index in [0.29, 0.717) is 25.8 Å². The van der Waals surface area contributed by atoms with Gasteiger partial charge in [-0.2, -0.15) is 0 Å². The lowest BCUT2D eigenvalue weighted by Crippen LogP contribution is -2.51. The lowest BCUT2D eigenvalue weighted by Gasteiger charge is -2.43. The Morgan fingerprint density at radius 1 is 1.17 bits per heavy atom. The molecular weight excluding hydrogens is 312 g/mol. The standard InChI is InChI=1S/C18H23ClN2O2/c19-14-4-1-3-13(11-14)18(12-20)9-7-15(8-10-18)21-16(22)5-2-6-17(21)23/h1,3-4,11,15H,2,5-10,12,20H2. The lowest BCUT2D eigenvalue weighted by atomic mass is 9.68. The van der Waals surface area contributed by atoms with Gasteiger partial charge in [-0.25, -0.2) is 0 Å². The Morgan fingerprint density at radius 3 is 2.39 bits per heavy atom. The zero-order chi connectivity index (χ0) is 16.4. The van der Waals surface area contributed by atoms with E-state index in [0.717, 1.165) is 30.7 Å². The molecule has 1 saturated carbocycles. The molecule has 1 aliphatic carbocycles. The molecule has 0 radical (unpaired) electrons. The molecule has 1 aromatic carbocycles. The normalized spacial score (nSPS) is 29.0. The number of benzene rings is 1. The number of hydrogen-bond donors (Lipinski definition) is 1.